The lowest BCUT2D eigenvalue weighted by molar-refractivity contribution is -0.116. The molecule has 140 valence electrons. The monoisotopic (exact) mass is 447 g/mol. The zero-order valence-corrected chi connectivity index (χ0v) is 17.3. The van der Waals surface area contributed by atoms with E-state index in [1.165, 1.54) is 0 Å². The summed E-state index contributed by atoms with van der Waals surface area (Å²) >= 11 is 9.76. The maximum Gasteiger partial charge on any atom is 0.269 e. The van der Waals surface area contributed by atoms with Crippen molar-refractivity contribution in [2.75, 3.05) is 11.9 Å². The number of anilines is 1. The molecule has 0 spiro atoms. The Morgan fingerprint density at radius 3 is 2.67 bits per heavy atom. The van der Waals surface area contributed by atoms with Gasteiger partial charge in [0, 0.05) is 41.1 Å². The average molecular weight is 449 g/mol. The normalized spacial score (nSPS) is 10.8. The number of nitrogens with zero attached hydrogens (tertiary/aromatic N) is 1. The molecule has 0 unspecified atom stereocenters. The second-order valence-corrected chi connectivity index (χ2v) is 7.55. The molecule has 0 saturated heterocycles. The lowest BCUT2D eigenvalue weighted by Gasteiger charge is -2.10. The van der Waals surface area contributed by atoms with Crippen molar-refractivity contribution in [2.24, 2.45) is 7.05 Å². The van der Waals surface area contributed by atoms with E-state index in [0.29, 0.717) is 10.7 Å². The molecule has 0 radical (unpaired) electrons. The second kappa shape index (κ2) is 8.15. The highest BCUT2D eigenvalue weighted by Crippen LogP contribution is 2.29. The van der Waals surface area contributed by atoms with Crippen LogP contribution < -0.4 is 10.6 Å². The number of carbonyl (C=O) groups is 2. The fraction of sp³-hybridized carbons (Fsp3) is 0.200. The van der Waals surface area contributed by atoms with Crippen LogP contribution in [0.5, 0.6) is 0 Å². The fourth-order valence-corrected chi connectivity index (χ4v) is 3.65. The van der Waals surface area contributed by atoms with Crippen LogP contribution in [0.25, 0.3) is 10.9 Å². The summed E-state index contributed by atoms with van der Waals surface area (Å²) in [6.45, 7) is 2.14. The van der Waals surface area contributed by atoms with E-state index in [9.17, 15) is 9.59 Å². The van der Waals surface area contributed by atoms with Gasteiger partial charge in [-0.3, -0.25) is 9.59 Å². The first-order chi connectivity index (χ1) is 12.9. The molecule has 0 aliphatic carbocycles. The summed E-state index contributed by atoms with van der Waals surface area (Å²) in [6.07, 6.45) is 0.166. The molecule has 2 aromatic carbocycles. The van der Waals surface area contributed by atoms with Gasteiger partial charge in [-0.05, 0) is 30.7 Å². The predicted molar refractivity (Wildman–Crippen MR) is 112 cm³/mol. The quantitative estimate of drug-likeness (QED) is 0.596. The van der Waals surface area contributed by atoms with E-state index in [2.05, 4.69) is 26.6 Å². The maximum absolute atomic E-state index is 12.5. The third-order valence-electron chi connectivity index (χ3n) is 4.37. The second-order valence-electron chi connectivity index (χ2n) is 6.25. The van der Waals surface area contributed by atoms with E-state index in [1.54, 1.807) is 11.6 Å². The average Bonchev–Trinajstić information content (AvgIpc) is 2.89. The first kappa shape index (κ1) is 19.5. The van der Waals surface area contributed by atoms with Crippen LogP contribution in [-0.2, 0) is 11.8 Å². The van der Waals surface area contributed by atoms with Crippen LogP contribution in [0.15, 0.2) is 46.9 Å². The Balaban J connectivity index is 1.62. The Hall–Kier alpha value is -2.31. The van der Waals surface area contributed by atoms with Crippen LogP contribution in [0.1, 0.15) is 22.5 Å². The van der Waals surface area contributed by atoms with Crippen LogP contribution in [-0.4, -0.2) is 22.9 Å². The SMILES string of the molecule is Cc1ccc(Br)cc1NC(=O)CCNC(=O)c1c(Cl)c2ccccc2n1C. The third kappa shape index (κ3) is 4.17. The van der Waals surface area contributed by atoms with Crippen molar-refractivity contribution in [3.8, 4) is 0 Å². The van der Waals surface area contributed by atoms with Gasteiger partial charge in [-0.15, -0.1) is 0 Å². The predicted octanol–water partition coefficient (Wildman–Crippen LogP) is 4.66. The minimum absolute atomic E-state index is 0.166. The standard InChI is InChI=1S/C20H19BrClN3O2/c1-12-7-8-13(21)11-15(12)24-17(26)9-10-23-20(27)19-18(22)14-5-3-4-6-16(14)25(19)2/h3-8,11H,9-10H2,1-2H3,(H,23,27)(H,24,26). The first-order valence-corrected chi connectivity index (χ1v) is 9.62. The zero-order valence-electron chi connectivity index (χ0n) is 15.0. The Labute approximate surface area is 170 Å². The highest BCUT2D eigenvalue weighted by atomic mass is 79.9. The minimum Gasteiger partial charge on any atom is -0.350 e. The van der Waals surface area contributed by atoms with E-state index in [-0.39, 0.29) is 24.8 Å². The van der Waals surface area contributed by atoms with Crippen molar-refractivity contribution >= 4 is 55.9 Å². The van der Waals surface area contributed by atoms with Crippen molar-refractivity contribution in [2.45, 2.75) is 13.3 Å². The molecule has 2 amide bonds. The number of halogens is 2. The summed E-state index contributed by atoms with van der Waals surface area (Å²) in [5, 5.41) is 6.87. The van der Waals surface area contributed by atoms with Gasteiger partial charge in [0.1, 0.15) is 5.69 Å². The van der Waals surface area contributed by atoms with Crippen molar-refractivity contribution in [3.63, 3.8) is 0 Å². The molecule has 0 fully saturated rings. The number of hydrogen-bond donors (Lipinski definition) is 2. The number of nitrogens with one attached hydrogen (secondary N) is 2. The molecule has 0 saturated carbocycles. The van der Waals surface area contributed by atoms with E-state index in [4.69, 9.17) is 11.6 Å². The Morgan fingerprint density at radius 1 is 1.19 bits per heavy atom. The number of amides is 2. The molecule has 1 heterocycles. The molecule has 7 heteroatoms. The van der Waals surface area contributed by atoms with Gasteiger partial charge in [0.25, 0.3) is 5.91 Å². The van der Waals surface area contributed by atoms with Crippen molar-refractivity contribution in [1.29, 1.82) is 0 Å². The maximum atomic E-state index is 12.5. The minimum atomic E-state index is -0.301. The molecule has 3 aromatic rings. The van der Waals surface area contributed by atoms with Gasteiger partial charge in [0.2, 0.25) is 5.91 Å². The fourth-order valence-electron chi connectivity index (χ4n) is 2.91. The highest BCUT2D eigenvalue weighted by molar-refractivity contribution is 9.10. The van der Waals surface area contributed by atoms with E-state index in [0.717, 1.165) is 26.6 Å². The lowest BCUT2D eigenvalue weighted by Crippen LogP contribution is -2.29. The van der Waals surface area contributed by atoms with Gasteiger partial charge >= 0.3 is 0 Å². The number of fused-ring (bicyclic) bond motifs is 1. The molecule has 27 heavy (non-hydrogen) atoms. The molecule has 0 aliphatic heterocycles. The summed E-state index contributed by atoms with van der Waals surface area (Å²) in [7, 11) is 1.80. The van der Waals surface area contributed by atoms with Crippen molar-refractivity contribution in [3.05, 3.63) is 63.2 Å². The summed E-state index contributed by atoms with van der Waals surface area (Å²) in [5.41, 5.74) is 2.99. The number of para-hydroxylation sites is 1. The van der Waals surface area contributed by atoms with Crippen LogP contribution in [0.4, 0.5) is 5.69 Å². The van der Waals surface area contributed by atoms with Crippen LogP contribution in [0.3, 0.4) is 0 Å². The van der Waals surface area contributed by atoms with Gasteiger partial charge < -0.3 is 15.2 Å². The van der Waals surface area contributed by atoms with Gasteiger partial charge in [0.05, 0.1) is 5.02 Å². The molecule has 0 aliphatic rings. The first-order valence-electron chi connectivity index (χ1n) is 8.45. The molecule has 2 N–H and O–H groups in total. The number of benzene rings is 2. The van der Waals surface area contributed by atoms with Crippen LogP contribution in [0.2, 0.25) is 5.02 Å². The lowest BCUT2D eigenvalue weighted by atomic mass is 10.2. The molecule has 1 aromatic heterocycles. The third-order valence-corrected chi connectivity index (χ3v) is 5.25. The summed E-state index contributed by atoms with van der Waals surface area (Å²) in [4.78, 5) is 24.7. The number of hydrogen-bond acceptors (Lipinski definition) is 2. The molecule has 0 bridgehead atoms. The number of carbonyl (C=O) groups excluding carboxylic acids is 2. The Morgan fingerprint density at radius 2 is 1.93 bits per heavy atom. The largest absolute Gasteiger partial charge is 0.350 e. The Bertz CT molecular complexity index is 990. The van der Waals surface area contributed by atoms with Crippen LogP contribution >= 0.6 is 27.5 Å². The van der Waals surface area contributed by atoms with Gasteiger partial charge in [-0.1, -0.05) is 51.8 Å². The summed E-state index contributed by atoms with van der Waals surface area (Å²) in [6, 6.07) is 13.2. The smallest absolute Gasteiger partial charge is 0.269 e. The van der Waals surface area contributed by atoms with E-state index >= 15 is 0 Å². The van der Waals surface area contributed by atoms with Crippen molar-refractivity contribution < 1.29 is 9.59 Å². The number of aromatic nitrogens is 1. The molecular weight excluding hydrogens is 430 g/mol. The zero-order chi connectivity index (χ0) is 19.6. The van der Waals surface area contributed by atoms with Gasteiger partial charge in [-0.2, -0.15) is 0 Å². The molecule has 0 atom stereocenters. The molecular formula is C20H19BrClN3O2. The van der Waals surface area contributed by atoms with Crippen molar-refractivity contribution in [1.82, 2.24) is 9.88 Å². The topological polar surface area (TPSA) is 63.1 Å². The number of rotatable bonds is 5. The summed E-state index contributed by atoms with van der Waals surface area (Å²) < 4.78 is 2.65. The molecule has 5 nitrogen and oxygen atoms in total. The van der Waals surface area contributed by atoms with E-state index < -0.39 is 0 Å². The van der Waals surface area contributed by atoms with Crippen LogP contribution in [0, 0.1) is 6.92 Å². The Kier molecular flexibility index (Phi) is 5.87. The number of aryl methyl sites for hydroxylation is 2. The summed E-state index contributed by atoms with van der Waals surface area (Å²) in [5.74, 6) is -0.468. The highest BCUT2D eigenvalue weighted by Gasteiger charge is 2.19. The van der Waals surface area contributed by atoms with Gasteiger partial charge in [0.15, 0.2) is 0 Å². The molecule has 3 rings (SSSR count). The van der Waals surface area contributed by atoms with E-state index in [1.807, 2.05) is 49.4 Å². The van der Waals surface area contributed by atoms with Gasteiger partial charge in [-0.25, -0.2) is 0 Å².